The van der Waals surface area contributed by atoms with Gasteiger partial charge in [-0.15, -0.1) is 0 Å². The maximum Gasteiger partial charge on any atom is 0.335 e. The molecular formula is C25H14Cl5N3O5. The van der Waals surface area contributed by atoms with Gasteiger partial charge in [-0.25, -0.2) is 9.69 Å². The third-order valence-electron chi connectivity index (χ3n) is 5.10. The zero-order chi connectivity index (χ0) is 27.6. The van der Waals surface area contributed by atoms with E-state index in [1.165, 1.54) is 54.6 Å². The van der Waals surface area contributed by atoms with Gasteiger partial charge in [0.15, 0.2) is 6.61 Å². The molecule has 1 saturated heterocycles. The number of urea groups is 1. The Labute approximate surface area is 241 Å². The number of hydrogen-bond donors (Lipinski definition) is 2. The molecule has 1 heterocycles. The summed E-state index contributed by atoms with van der Waals surface area (Å²) in [5.74, 6) is -2.22. The molecule has 1 aliphatic heterocycles. The van der Waals surface area contributed by atoms with Gasteiger partial charge < -0.3 is 10.1 Å². The lowest BCUT2D eigenvalue weighted by molar-refractivity contribution is -0.122. The van der Waals surface area contributed by atoms with Crippen molar-refractivity contribution < 1.29 is 23.9 Å². The zero-order valence-electron chi connectivity index (χ0n) is 18.9. The van der Waals surface area contributed by atoms with Crippen LogP contribution in [0.1, 0.15) is 5.56 Å². The van der Waals surface area contributed by atoms with Gasteiger partial charge in [-0.05, 0) is 60.7 Å². The van der Waals surface area contributed by atoms with Crippen LogP contribution in [-0.2, 0) is 14.4 Å². The maximum atomic E-state index is 13.2. The van der Waals surface area contributed by atoms with Crippen molar-refractivity contribution in [3.05, 3.63) is 90.8 Å². The lowest BCUT2D eigenvalue weighted by atomic mass is 10.1. The van der Waals surface area contributed by atoms with Gasteiger partial charge in [0.2, 0.25) is 0 Å². The van der Waals surface area contributed by atoms with Crippen molar-refractivity contribution in [3.8, 4) is 5.75 Å². The number of rotatable bonds is 6. The molecule has 0 unspecified atom stereocenters. The summed E-state index contributed by atoms with van der Waals surface area (Å²) in [6.45, 7) is -0.425. The summed E-state index contributed by atoms with van der Waals surface area (Å²) < 4.78 is 5.62. The number of barbiturate groups is 1. The summed E-state index contributed by atoms with van der Waals surface area (Å²) in [6.07, 6.45) is 1.20. The number of carbonyl (C=O) groups is 4. The quantitative estimate of drug-likeness (QED) is 0.240. The summed E-state index contributed by atoms with van der Waals surface area (Å²) in [4.78, 5) is 51.4. The van der Waals surface area contributed by atoms with E-state index in [2.05, 4.69) is 10.6 Å². The Morgan fingerprint density at radius 1 is 0.868 bits per heavy atom. The first-order valence-corrected chi connectivity index (χ1v) is 12.5. The normalized spacial score (nSPS) is 14.5. The first kappa shape index (κ1) is 27.8. The first-order chi connectivity index (χ1) is 18.0. The monoisotopic (exact) mass is 611 g/mol. The number of nitrogens with zero attached hydrogens (tertiary/aromatic N) is 1. The van der Waals surface area contributed by atoms with Crippen LogP contribution in [0.4, 0.5) is 16.2 Å². The van der Waals surface area contributed by atoms with Crippen LogP contribution in [0.25, 0.3) is 6.08 Å². The topological polar surface area (TPSA) is 105 Å². The summed E-state index contributed by atoms with van der Waals surface area (Å²) >= 11 is 29.9. The van der Waals surface area contributed by atoms with Crippen LogP contribution in [0.15, 0.2) is 60.2 Å². The number of amides is 5. The fourth-order valence-electron chi connectivity index (χ4n) is 3.35. The van der Waals surface area contributed by atoms with E-state index < -0.39 is 30.4 Å². The second-order valence-corrected chi connectivity index (χ2v) is 9.77. The average Bonchev–Trinajstić information content (AvgIpc) is 2.85. The molecule has 3 aromatic rings. The Balaban J connectivity index is 1.58. The number of ether oxygens (including phenoxy) is 1. The highest BCUT2D eigenvalue weighted by Gasteiger charge is 2.37. The highest BCUT2D eigenvalue weighted by atomic mass is 35.5. The number of carbonyl (C=O) groups excluding carboxylic acids is 4. The smallest absolute Gasteiger partial charge is 0.335 e. The number of nitrogens with one attached hydrogen (secondary N) is 2. The van der Waals surface area contributed by atoms with Crippen LogP contribution in [0.2, 0.25) is 25.1 Å². The van der Waals surface area contributed by atoms with Gasteiger partial charge >= 0.3 is 6.03 Å². The number of imide groups is 2. The molecule has 38 heavy (non-hydrogen) atoms. The Morgan fingerprint density at radius 2 is 1.55 bits per heavy atom. The average molecular weight is 614 g/mol. The van der Waals surface area contributed by atoms with Crippen molar-refractivity contribution >= 4 is 99.2 Å². The van der Waals surface area contributed by atoms with Gasteiger partial charge in [0.05, 0.1) is 25.8 Å². The molecule has 194 valence electrons. The molecule has 0 aromatic heterocycles. The van der Waals surface area contributed by atoms with Gasteiger partial charge in [0.25, 0.3) is 17.7 Å². The van der Waals surface area contributed by atoms with Crippen molar-refractivity contribution in [2.75, 3.05) is 16.8 Å². The predicted molar refractivity (Wildman–Crippen MR) is 148 cm³/mol. The molecule has 0 saturated carbocycles. The molecule has 0 spiro atoms. The number of anilines is 2. The highest BCUT2D eigenvalue weighted by molar-refractivity contribution is 6.43. The molecule has 0 atom stereocenters. The molecule has 1 aliphatic rings. The van der Waals surface area contributed by atoms with Gasteiger partial charge in [0, 0.05) is 16.3 Å². The van der Waals surface area contributed by atoms with Crippen LogP contribution in [0.5, 0.6) is 5.75 Å². The number of halogens is 5. The highest BCUT2D eigenvalue weighted by Crippen LogP contribution is 2.31. The fraction of sp³-hybridized carbons (Fsp3) is 0.0400. The minimum absolute atomic E-state index is 0.0989. The van der Waals surface area contributed by atoms with E-state index in [9.17, 15) is 19.2 Å². The van der Waals surface area contributed by atoms with Crippen LogP contribution in [0.3, 0.4) is 0 Å². The van der Waals surface area contributed by atoms with Crippen LogP contribution in [-0.4, -0.2) is 30.4 Å². The summed E-state index contributed by atoms with van der Waals surface area (Å²) in [5.41, 5.74) is 0.328. The standard InChI is InChI=1S/C25H14Cl5N3O5/c26-13-1-6-21(38-11-22(34)31-14-2-4-17(27)19(29)9-14)12(7-13)8-16-23(35)32-25(37)33(24(16)36)15-3-5-18(28)20(30)10-15/h1-10H,11H2,(H,31,34)(H,32,35,37)/b16-8-. The van der Waals surface area contributed by atoms with Crippen molar-refractivity contribution in [2.24, 2.45) is 0 Å². The van der Waals surface area contributed by atoms with E-state index in [0.717, 1.165) is 4.90 Å². The van der Waals surface area contributed by atoms with E-state index in [4.69, 9.17) is 62.7 Å². The predicted octanol–water partition coefficient (Wildman–Crippen LogP) is 6.64. The number of hydrogen-bond acceptors (Lipinski definition) is 5. The minimum atomic E-state index is -0.961. The summed E-state index contributed by atoms with van der Waals surface area (Å²) in [6, 6.07) is 12.1. The van der Waals surface area contributed by atoms with Gasteiger partial charge in [0.1, 0.15) is 11.3 Å². The maximum absolute atomic E-state index is 13.2. The van der Waals surface area contributed by atoms with Crippen molar-refractivity contribution in [2.45, 2.75) is 0 Å². The van der Waals surface area contributed by atoms with E-state index in [-0.39, 0.29) is 42.7 Å². The number of benzene rings is 3. The third-order valence-corrected chi connectivity index (χ3v) is 6.81. The van der Waals surface area contributed by atoms with E-state index in [0.29, 0.717) is 10.7 Å². The lowest BCUT2D eigenvalue weighted by Gasteiger charge is -2.26. The zero-order valence-corrected chi connectivity index (χ0v) is 22.6. The largest absolute Gasteiger partial charge is 0.483 e. The fourth-order valence-corrected chi connectivity index (χ4v) is 4.12. The van der Waals surface area contributed by atoms with Crippen molar-refractivity contribution in [1.82, 2.24) is 5.32 Å². The molecule has 2 N–H and O–H groups in total. The molecule has 4 rings (SSSR count). The Kier molecular flexibility index (Phi) is 8.50. The molecule has 0 radical (unpaired) electrons. The molecule has 8 nitrogen and oxygen atoms in total. The molecule has 1 fully saturated rings. The Bertz CT molecular complexity index is 1530. The Hall–Kier alpha value is -3.27. The van der Waals surface area contributed by atoms with Gasteiger partial charge in [-0.3, -0.25) is 19.7 Å². The summed E-state index contributed by atoms with van der Waals surface area (Å²) in [7, 11) is 0. The second-order valence-electron chi connectivity index (χ2n) is 7.70. The minimum Gasteiger partial charge on any atom is -0.483 e. The lowest BCUT2D eigenvalue weighted by Crippen LogP contribution is -2.54. The molecule has 13 heteroatoms. The Morgan fingerprint density at radius 3 is 2.24 bits per heavy atom. The van der Waals surface area contributed by atoms with E-state index in [1.807, 2.05) is 0 Å². The van der Waals surface area contributed by atoms with Crippen molar-refractivity contribution in [3.63, 3.8) is 0 Å². The molecule has 3 aromatic carbocycles. The van der Waals surface area contributed by atoms with Gasteiger partial charge in [-0.2, -0.15) is 0 Å². The van der Waals surface area contributed by atoms with Crippen molar-refractivity contribution in [1.29, 1.82) is 0 Å². The molecule has 0 aliphatic carbocycles. The SMILES string of the molecule is O=C(COc1ccc(Cl)cc1/C=C1/C(=O)NC(=O)N(c2ccc(Cl)c(Cl)c2)C1=O)Nc1ccc(Cl)c(Cl)c1. The first-order valence-electron chi connectivity index (χ1n) is 10.6. The van der Waals surface area contributed by atoms with E-state index >= 15 is 0 Å². The van der Waals surface area contributed by atoms with Crippen LogP contribution < -0.4 is 20.3 Å². The second kappa shape index (κ2) is 11.6. The molecule has 0 bridgehead atoms. The molecular weight excluding hydrogens is 600 g/mol. The third kappa shape index (κ3) is 6.23. The van der Waals surface area contributed by atoms with Crippen LogP contribution >= 0.6 is 58.0 Å². The van der Waals surface area contributed by atoms with E-state index in [1.54, 1.807) is 6.07 Å². The van der Waals surface area contributed by atoms with Crippen LogP contribution in [0, 0.1) is 0 Å². The summed E-state index contributed by atoms with van der Waals surface area (Å²) in [5, 5.41) is 5.91. The molecule has 5 amide bonds. The van der Waals surface area contributed by atoms with Gasteiger partial charge in [-0.1, -0.05) is 58.0 Å².